The van der Waals surface area contributed by atoms with E-state index in [1.54, 1.807) is 13.1 Å². The summed E-state index contributed by atoms with van der Waals surface area (Å²) in [6, 6.07) is 9.35. The summed E-state index contributed by atoms with van der Waals surface area (Å²) in [4.78, 5) is 15.5. The zero-order valence-corrected chi connectivity index (χ0v) is 11.4. The number of hydrogen-bond donors (Lipinski definition) is 1. The number of ether oxygens (including phenoxy) is 1. The van der Waals surface area contributed by atoms with Gasteiger partial charge in [-0.15, -0.1) is 0 Å². The Morgan fingerprint density at radius 1 is 1.40 bits per heavy atom. The molecule has 0 radical (unpaired) electrons. The molecular formula is C15H18N2O3. The first-order chi connectivity index (χ1) is 9.69. The van der Waals surface area contributed by atoms with Crippen LogP contribution in [0.2, 0.25) is 0 Å². The van der Waals surface area contributed by atoms with Gasteiger partial charge < -0.3 is 14.9 Å². The van der Waals surface area contributed by atoms with Gasteiger partial charge in [0.05, 0.1) is 19.2 Å². The number of oxazole rings is 1. The van der Waals surface area contributed by atoms with Gasteiger partial charge in [-0.2, -0.15) is 0 Å². The summed E-state index contributed by atoms with van der Waals surface area (Å²) in [5.74, 6) is 0.930. The molecule has 5 heteroatoms. The summed E-state index contributed by atoms with van der Waals surface area (Å²) in [7, 11) is 0. The second kappa shape index (κ2) is 6.86. The molecule has 2 rings (SSSR count). The molecule has 0 bridgehead atoms. The van der Waals surface area contributed by atoms with Crippen molar-refractivity contribution in [3.8, 4) is 11.3 Å². The van der Waals surface area contributed by atoms with Crippen molar-refractivity contribution in [3.05, 3.63) is 42.4 Å². The van der Waals surface area contributed by atoms with Crippen LogP contribution in [0.15, 0.2) is 40.9 Å². The zero-order chi connectivity index (χ0) is 14.4. The van der Waals surface area contributed by atoms with Gasteiger partial charge >= 0.3 is 5.97 Å². The van der Waals surface area contributed by atoms with Gasteiger partial charge in [-0.25, -0.2) is 4.98 Å². The molecule has 0 saturated heterocycles. The number of carbonyl (C=O) groups excluding carboxylic acids is 1. The van der Waals surface area contributed by atoms with E-state index in [2.05, 4.69) is 4.98 Å². The van der Waals surface area contributed by atoms with Crippen LogP contribution in [-0.2, 0) is 16.0 Å². The third-order valence-corrected chi connectivity index (χ3v) is 2.78. The number of benzene rings is 1. The van der Waals surface area contributed by atoms with Gasteiger partial charge in [-0.1, -0.05) is 30.3 Å². The highest BCUT2D eigenvalue weighted by atomic mass is 16.5. The van der Waals surface area contributed by atoms with Crippen LogP contribution in [0.4, 0.5) is 0 Å². The Bertz CT molecular complexity index is 551. The zero-order valence-electron chi connectivity index (χ0n) is 11.4. The normalized spacial score (nSPS) is 12.1. The number of hydrogen-bond acceptors (Lipinski definition) is 5. The molecule has 106 valence electrons. The maximum absolute atomic E-state index is 11.3. The van der Waals surface area contributed by atoms with Crippen molar-refractivity contribution in [2.45, 2.75) is 25.8 Å². The second-order valence-corrected chi connectivity index (χ2v) is 4.46. The molecule has 0 aliphatic carbocycles. The fourth-order valence-corrected chi connectivity index (χ4v) is 1.87. The van der Waals surface area contributed by atoms with Crippen LogP contribution < -0.4 is 5.73 Å². The van der Waals surface area contributed by atoms with Crippen LogP contribution in [0, 0.1) is 0 Å². The first-order valence-electron chi connectivity index (χ1n) is 6.60. The lowest BCUT2D eigenvalue weighted by atomic mass is 10.1. The second-order valence-electron chi connectivity index (χ2n) is 4.46. The Morgan fingerprint density at radius 3 is 2.85 bits per heavy atom. The molecule has 0 aliphatic heterocycles. The summed E-state index contributed by atoms with van der Waals surface area (Å²) in [5, 5.41) is 0. The van der Waals surface area contributed by atoms with E-state index in [4.69, 9.17) is 14.9 Å². The number of carbonyl (C=O) groups is 1. The Hall–Kier alpha value is -2.14. The topological polar surface area (TPSA) is 78.4 Å². The molecule has 2 N–H and O–H groups in total. The third kappa shape index (κ3) is 3.93. The highest BCUT2D eigenvalue weighted by Crippen LogP contribution is 2.20. The van der Waals surface area contributed by atoms with Crippen molar-refractivity contribution < 1.29 is 13.9 Å². The van der Waals surface area contributed by atoms with E-state index in [9.17, 15) is 4.79 Å². The van der Waals surface area contributed by atoms with Gasteiger partial charge in [-0.05, 0) is 6.92 Å². The minimum Gasteiger partial charge on any atom is -0.466 e. The Morgan fingerprint density at radius 2 is 2.15 bits per heavy atom. The Kier molecular flexibility index (Phi) is 4.90. The van der Waals surface area contributed by atoms with Crippen LogP contribution >= 0.6 is 0 Å². The van der Waals surface area contributed by atoms with E-state index in [0.29, 0.717) is 24.7 Å². The predicted molar refractivity (Wildman–Crippen MR) is 74.9 cm³/mol. The summed E-state index contributed by atoms with van der Waals surface area (Å²) < 4.78 is 10.5. The maximum Gasteiger partial charge on any atom is 0.307 e. The van der Waals surface area contributed by atoms with Gasteiger partial charge in [0.15, 0.2) is 11.7 Å². The molecule has 5 nitrogen and oxygen atoms in total. The fraction of sp³-hybridized carbons (Fsp3) is 0.333. The standard InChI is InChI=1S/C15H18N2O3/c1-2-19-15(18)9-12(16)8-14-17-10-13(20-14)11-6-4-3-5-7-11/h3-7,10,12H,2,8-9,16H2,1H3. The van der Waals surface area contributed by atoms with E-state index in [0.717, 1.165) is 5.56 Å². The summed E-state index contributed by atoms with van der Waals surface area (Å²) >= 11 is 0. The Balaban J connectivity index is 1.94. The molecule has 0 amide bonds. The molecule has 0 saturated carbocycles. The number of nitrogens with zero attached hydrogens (tertiary/aromatic N) is 1. The number of esters is 1. The van der Waals surface area contributed by atoms with Crippen molar-refractivity contribution in [1.82, 2.24) is 4.98 Å². The largest absolute Gasteiger partial charge is 0.466 e. The molecule has 2 aromatic rings. The lowest BCUT2D eigenvalue weighted by Gasteiger charge is -2.08. The van der Waals surface area contributed by atoms with Crippen LogP contribution in [0.3, 0.4) is 0 Å². The van der Waals surface area contributed by atoms with Crippen molar-refractivity contribution in [3.63, 3.8) is 0 Å². The van der Waals surface area contributed by atoms with Gasteiger partial charge in [0.1, 0.15) is 0 Å². The van der Waals surface area contributed by atoms with E-state index >= 15 is 0 Å². The first-order valence-corrected chi connectivity index (χ1v) is 6.60. The average Bonchev–Trinajstić information content (AvgIpc) is 2.88. The molecule has 0 aliphatic rings. The lowest BCUT2D eigenvalue weighted by Crippen LogP contribution is -2.27. The lowest BCUT2D eigenvalue weighted by molar-refractivity contribution is -0.143. The molecular weight excluding hydrogens is 256 g/mol. The summed E-state index contributed by atoms with van der Waals surface area (Å²) in [5.41, 5.74) is 6.85. The molecule has 1 unspecified atom stereocenters. The quantitative estimate of drug-likeness (QED) is 0.817. The van der Waals surface area contributed by atoms with E-state index in [-0.39, 0.29) is 18.4 Å². The van der Waals surface area contributed by atoms with Crippen molar-refractivity contribution in [1.29, 1.82) is 0 Å². The highest BCUT2D eigenvalue weighted by molar-refractivity contribution is 5.70. The summed E-state index contributed by atoms with van der Waals surface area (Å²) in [6.45, 7) is 2.13. The van der Waals surface area contributed by atoms with Crippen LogP contribution in [0.25, 0.3) is 11.3 Å². The molecule has 1 aromatic carbocycles. The molecule has 0 fully saturated rings. The minimum absolute atomic E-state index is 0.164. The number of nitrogens with two attached hydrogens (primary N) is 1. The van der Waals surface area contributed by atoms with E-state index < -0.39 is 0 Å². The van der Waals surface area contributed by atoms with Gasteiger partial charge in [0.2, 0.25) is 0 Å². The average molecular weight is 274 g/mol. The third-order valence-electron chi connectivity index (χ3n) is 2.78. The predicted octanol–water partition coefficient (Wildman–Crippen LogP) is 2.16. The molecule has 1 atom stereocenters. The monoisotopic (exact) mass is 274 g/mol. The maximum atomic E-state index is 11.3. The number of rotatable bonds is 6. The first kappa shape index (κ1) is 14.3. The van der Waals surface area contributed by atoms with Gasteiger partial charge in [-0.3, -0.25) is 4.79 Å². The molecule has 0 spiro atoms. The minimum atomic E-state index is -0.351. The van der Waals surface area contributed by atoms with Gasteiger partial charge in [0, 0.05) is 18.0 Å². The summed E-state index contributed by atoms with van der Waals surface area (Å²) in [6.07, 6.45) is 2.24. The van der Waals surface area contributed by atoms with Crippen LogP contribution in [0.5, 0.6) is 0 Å². The smallest absolute Gasteiger partial charge is 0.307 e. The molecule has 1 aromatic heterocycles. The SMILES string of the molecule is CCOC(=O)CC(N)Cc1ncc(-c2ccccc2)o1. The highest BCUT2D eigenvalue weighted by Gasteiger charge is 2.14. The van der Waals surface area contributed by atoms with Crippen molar-refractivity contribution in [2.24, 2.45) is 5.73 Å². The van der Waals surface area contributed by atoms with Crippen LogP contribution in [-0.4, -0.2) is 23.6 Å². The van der Waals surface area contributed by atoms with E-state index in [1.807, 2.05) is 30.3 Å². The molecule has 1 heterocycles. The number of aromatic nitrogens is 1. The van der Waals surface area contributed by atoms with Gasteiger partial charge in [0.25, 0.3) is 0 Å². The van der Waals surface area contributed by atoms with Crippen LogP contribution in [0.1, 0.15) is 19.2 Å². The fourth-order valence-electron chi connectivity index (χ4n) is 1.87. The van der Waals surface area contributed by atoms with Crippen molar-refractivity contribution >= 4 is 5.97 Å². The Labute approximate surface area is 117 Å². The van der Waals surface area contributed by atoms with E-state index in [1.165, 1.54) is 0 Å². The van der Waals surface area contributed by atoms with Crippen molar-refractivity contribution in [2.75, 3.05) is 6.61 Å². The molecule has 20 heavy (non-hydrogen) atoms.